The van der Waals surface area contributed by atoms with E-state index in [9.17, 15) is 4.79 Å². The van der Waals surface area contributed by atoms with Crippen LogP contribution in [-0.4, -0.2) is 19.2 Å². The molecule has 0 aromatic heterocycles. The standard InChI is InChI=1S/C28H29NO2/c1-20(2)18-22-15-13-21(14-16-22)8-7-17-29-28(30)31-19-27-25-11-5-3-9-23(25)24-10-4-6-12-26(24)27/h3-16,20,27H,17-19H2,1-2H3,(H,29,30). The molecule has 0 atom stereocenters. The average Bonchev–Trinajstić information content (AvgIpc) is 3.10. The molecule has 4 rings (SSSR count). The summed E-state index contributed by atoms with van der Waals surface area (Å²) >= 11 is 0. The third-order valence-electron chi connectivity index (χ3n) is 5.64. The fourth-order valence-electron chi connectivity index (χ4n) is 4.22. The highest BCUT2D eigenvalue weighted by Gasteiger charge is 2.28. The van der Waals surface area contributed by atoms with Crippen LogP contribution in [0.4, 0.5) is 4.79 Å². The van der Waals surface area contributed by atoms with Gasteiger partial charge in [-0.3, -0.25) is 0 Å². The van der Waals surface area contributed by atoms with Gasteiger partial charge in [-0.25, -0.2) is 4.79 Å². The maximum Gasteiger partial charge on any atom is 0.407 e. The molecule has 0 saturated carbocycles. The molecule has 1 aliphatic carbocycles. The highest BCUT2D eigenvalue weighted by atomic mass is 16.5. The highest BCUT2D eigenvalue weighted by molar-refractivity contribution is 5.79. The molecule has 3 nitrogen and oxygen atoms in total. The van der Waals surface area contributed by atoms with Crippen LogP contribution < -0.4 is 5.32 Å². The van der Waals surface area contributed by atoms with Crippen molar-refractivity contribution in [2.24, 2.45) is 5.92 Å². The van der Waals surface area contributed by atoms with Crippen molar-refractivity contribution in [3.8, 4) is 11.1 Å². The number of carbonyl (C=O) groups is 1. The molecular weight excluding hydrogens is 382 g/mol. The Bertz CT molecular complexity index is 1020. The first-order valence-corrected chi connectivity index (χ1v) is 11.0. The van der Waals surface area contributed by atoms with Crippen LogP contribution in [0.15, 0.2) is 78.9 Å². The van der Waals surface area contributed by atoms with E-state index in [2.05, 4.69) is 79.8 Å². The van der Waals surface area contributed by atoms with Gasteiger partial charge in [-0.05, 0) is 45.7 Å². The van der Waals surface area contributed by atoms with E-state index in [1.807, 2.05) is 24.3 Å². The van der Waals surface area contributed by atoms with Gasteiger partial charge in [0.15, 0.2) is 0 Å². The van der Waals surface area contributed by atoms with Crippen LogP contribution in [0.5, 0.6) is 0 Å². The van der Waals surface area contributed by atoms with Gasteiger partial charge in [0.05, 0.1) is 0 Å². The van der Waals surface area contributed by atoms with Crippen molar-refractivity contribution in [3.05, 3.63) is 101 Å². The van der Waals surface area contributed by atoms with Crippen LogP contribution >= 0.6 is 0 Å². The molecule has 3 heteroatoms. The molecule has 0 heterocycles. The van der Waals surface area contributed by atoms with Crippen molar-refractivity contribution in [3.63, 3.8) is 0 Å². The fourth-order valence-corrected chi connectivity index (χ4v) is 4.22. The van der Waals surface area contributed by atoms with Gasteiger partial charge in [0.1, 0.15) is 6.61 Å². The molecule has 158 valence electrons. The largest absolute Gasteiger partial charge is 0.449 e. The Morgan fingerprint density at radius 2 is 1.55 bits per heavy atom. The van der Waals surface area contributed by atoms with Crippen molar-refractivity contribution >= 4 is 12.2 Å². The van der Waals surface area contributed by atoms with Crippen molar-refractivity contribution in [1.82, 2.24) is 5.32 Å². The third kappa shape index (κ3) is 5.05. The van der Waals surface area contributed by atoms with Crippen molar-refractivity contribution in [1.29, 1.82) is 0 Å². The molecular formula is C28H29NO2. The van der Waals surface area contributed by atoms with Gasteiger partial charge in [0.25, 0.3) is 0 Å². The molecule has 0 fully saturated rings. The number of benzene rings is 3. The normalized spacial score (nSPS) is 12.7. The van der Waals surface area contributed by atoms with Crippen molar-refractivity contribution in [2.75, 3.05) is 13.2 Å². The van der Waals surface area contributed by atoms with Gasteiger partial charge >= 0.3 is 6.09 Å². The van der Waals surface area contributed by atoms with E-state index in [1.54, 1.807) is 0 Å². The summed E-state index contributed by atoms with van der Waals surface area (Å²) in [5, 5.41) is 2.81. The zero-order chi connectivity index (χ0) is 21.6. The van der Waals surface area contributed by atoms with Gasteiger partial charge in [0, 0.05) is 12.5 Å². The van der Waals surface area contributed by atoms with E-state index in [1.165, 1.54) is 27.8 Å². The topological polar surface area (TPSA) is 38.3 Å². The Labute approximate surface area is 184 Å². The molecule has 0 saturated heterocycles. The van der Waals surface area contributed by atoms with Crippen LogP contribution in [-0.2, 0) is 11.2 Å². The van der Waals surface area contributed by atoms with Gasteiger partial charge in [-0.1, -0.05) is 98.8 Å². The predicted molar refractivity (Wildman–Crippen MR) is 127 cm³/mol. The van der Waals surface area contributed by atoms with Gasteiger partial charge in [-0.2, -0.15) is 0 Å². The third-order valence-corrected chi connectivity index (χ3v) is 5.64. The summed E-state index contributed by atoms with van der Waals surface area (Å²) < 4.78 is 5.56. The number of hydrogen-bond acceptors (Lipinski definition) is 2. The summed E-state index contributed by atoms with van der Waals surface area (Å²) in [5.74, 6) is 0.737. The summed E-state index contributed by atoms with van der Waals surface area (Å²) in [7, 11) is 0. The lowest BCUT2D eigenvalue weighted by molar-refractivity contribution is 0.144. The van der Waals surface area contributed by atoms with E-state index in [4.69, 9.17) is 4.74 Å². The summed E-state index contributed by atoms with van der Waals surface area (Å²) in [6.45, 7) is 5.22. The lowest BCUT2D eigenvalue weighted by Gasteiger charge is -2.14. The van der Waals surface area contributed by atoms with E-state index in [0.717, 1.165) is 12.0 Å². The fraction of sp³-hybridized carbons (Fsp3) is 0.250. The van der Waals surface area contributed by atoms with Crippen molar-refractivity contribution in [2.45, 2.75) is 26.2 Å². The number of hydrogen-bond donors (Lipinski definition) is 1. The minimum absolute atomic E-state index is 0.0815. The lowest BCUT2D eigenvalue weighted by Crippen LogP contribution is -2.26. The number of alkyl carbamates (subject to hydrolysis) is 1. The van der Waals surface area contributed by atoms with Crippen molar-refractivity contribution < 1.29 is 9.53 Å². The predicted octanol–water partition coefficient (Wildman–Crippen LogP) is 6.44. The van der Waals surface area contributed by atoms with Crippen LogP contribution in [0.1, 0.15) is 42.0 Å². The van der Waals surface area contributed by atoms with Gasteiger partial charge in [-0.15, -0.1) is 0 Å². The zero-order valence-electron chi connectivity index (χ0n) is 18.2. The van der Waals surface area contributed by atoms with E-state index in [0.29, 0.717) is 19.1 Å². The maximum absolute atomic E-state index is 12.2. The SMILES string of the molecule is CC(C)Cc1ccc(C=CCNC(=O)OCC2c3ccccc3-c3ccccc32)cc1. The first-order valence-electron chi connectivity index (χ1n) is 11.0. The lowest BCUT2D eigenvalue weighted by atomic mass is 9.98. The first-order chi connectivity index (χ1) is 15.1. The van der Waals surface area contributed by atoms with Crippen LogP contribution in [0.25, 0.3) is 17.2 Å². The number of rotatable bonds is 7. The molecule has 0 spiro atoms. The smallest absolute Gasteiger partial charge is 0.407 e. The van der Waals surface area contributed by atoms with Gasteiger partial charge < -0.3 is 10.1 Å². The second-order valence-corrected chi connectivity index (χ2v) is 8.45. The molecule has 1 N–H and O–H groups in total. The second-order valence-electron chi connectivity index (χ2n) is 8.45. The minimum Gasteiger partial charge on any atom is -0.449 e. The van der Waals surface area contributed by atoms with Crippen LogP contribution in [0.2, 0.25) is 0 Å². The first kappa shape index (κ1) is 20.9. The average molecular weight is 412 g/mol. The molecule has 3 aromatic carbocycles. The molecule has 1 aliphatic rings. The van der Waals surface area contributed by atoms with Crippen LogP contribution in [0.3, 0.4) is 0 Å². The second kappa shape index (κ2) is 9.65. The minimum atomic E-state index is -0.390. The number of carbonyl (C=O) groups excluding carboxylic acids is 1. The van der Waals surface area contributed by atoms with Crippen LogP contribution in [0, 0.1) is 5.92 Å². The summed E-state index contributed by atoms with van der Waals surface area (Å²) in [4.78, 5) is 12.2. The Kier molecular flexibility index (Phi) is 6.51. The van der Waals surface area contributed by atoms with E-state index < -0.39 is 6.09 Å². The molecule has 1 amide bonds. The molecule has 0 unspecified atom stereocenters. The quantitative estimate of drug-likeness (QED) is 0.486. The zero-order valence-corrected chi connectivity index (χ0v) is 18.2. The van der Waals surface area contributed by atoms with E-state index in [-0.39, 0.29) is 5.92 Å². The summed E-state index contributed by atoms with van der Waals surface area (Å²) in [5.41, 5.74) is 7.38. The van der Waals surface area contributed by atoms with E-state index >= 15 is 0 Å². The monoisotopic (exact) mass is 411 g/mol. The number of nitrogens with one attached hydrogen (secondary N) is 1. The molecule has 0 aliphatic heterocycles. The summed E-state index contributed by atoms with van der Waals surface area (Å²) in [6, 6.07) is 25.2. The Morgan fingerprint density at radius 1 is 0.935 bits per heavy atom. The van der Waals surface area contributed by atoms with Gasteiger partial charge in [0.2, 0.25) is 0 Å². The molecule has 31 heavy (non-hydrogen) atoms. The molecule has 0 bridgehead atoms. The molecule has 0 radical (unpaired) electrons. The number of ether oxygens (including phenoxy) is 1. The summed E-state index contributed by atoms with van der Waals surface area (Å²) in [6.07, 6.45) is 4.66. The number of fused-ring (bicyclic) bond motifs is 3. The highest BCUT2D eigenvalue weighted by Crippen LogP contribution is 2.44. The Balaban J connectivity index is 1.28. The Hall–Kier alpha value is -3.33. The molecule has 3 aromatic rings. The maximum atomic E-state index is 12.2. The number of amides is 1. The Morgan fingerprint density at radius 3 is 2.16 bits per heavy atom.